The van der Waals surface area contributed by atoms with E-state index in [0.717, 1.165) is 12.3 Å². The summed E-state index contributed by atoms with van der Waals surface area (Å²) >= 11 is 0. The van der Waals surface area contributed by atoms with Crippen LogP contribution < -0.4 is 0 Å². The van der Waals surface area contributed by atoms with Crippen molar-refractivity contribution in [1.82, 2.24) is 0 Å². The van der Waals surface area contributed by atoms with Crippen LogP contribution >= 0.6 is 0 Å². The van der Waals surface area contributed by atoms with Gasteiger partial charge in [-0.2, -0.15) is 0 Å². The fraction of sp³-hybridized carbons (Fsp3) is 0.941. The molecule has 0 rings (SSSR count). The lowest BCUT2D eigenvalue weighted by Gasteiger charge is -2.10. The minimum absolute atomic E-state index is 0.962. The standard InChI is InChI=1S/C17H35/c1-4-6-8-10-12-14-16-17(3)15-13-11-9-7-5-2/h17H,1,4-16H2,2-3H3. The molecule has 1 atom stereocenters. The molecule has 0 spiro atoms. The third-order valence-corrected chi connectivity index (χ3v) is 3.75. The molecule has 17 heavy (non-hydrogen) atoms. The van der Waals surface area contributed by atoms with Crippen molar-refractivity contribution in [2.24, 2.45) is 5.92 Å². The second-order valence-corrected chi connectivity index (χ2v) is 5.72. The third-order valence-electron chi connectivity index (χ3n) is 3.75. The summed E-state index contributed by atoms with van der Waals surface area (Å²) in [6.07, 6.45) is 18.3. The second kappa shape index (κ2) is 14.1. The van der Waals surface area contributed by atoms with Crippen LogP contribution in [0.2, 0.25) is 0 Å². The molecular weight excluding hydrogens is 204 g/mol. The van der Waals surface area contributed by atoms with Crippen LogP contribution in [0.3, 0.4) is 0 Å². The second-order valence-electron chi connectivity index (χ2n) is 5.72. The smallest absolute Gasteiger partial charge is 0.0443 e. The van der Waals surface area contributed by atoms with Gasteiger partial charge in [0.1, 0.15) is 0 Å². The van der Waals surface area contributed by atoms with Gasteiger partial charge in [0.15, 0.2) is 0 Å². The first-order valence-electron chi connectivity index (χ1n) is 8.10. The third kappa shape index (κ3) is 13.9. The SMILES string of the molecule is [CH2]CCCCCCCC(C)CCCCCCC. The van der Waals surface area contributed by atoms with Gasteiger partial charge in [-0.05, 0) is 5.92 Å². The minimum atomic E-state index is 0.962. The molecule has 0 aliphatic carbocycles. The van der Waals surface area contributed by atoms with Gasteiger partial charge in [0.05, 0.1) is 0 Å². The van der Waals surface area contributed by atoms with E-state index in [0.29, 0.717) is 0 Å². The van der Waals surface area contributed by atoms with E-state index in [-0.39, 0.29) is 0 Å². The average Bonchev–Trinajstić information content (AvgIpc) is 2.33. The zero-order valence-electron chi connectivity index (χ0n) is 12.5. The molecule has 0 aromatic heterocycles. The molecule has 103 valence electrons. The summed E-state index contributed by atoms with van der Waals surface area (Å²) in [5.74, 6) is 0.962. The molecule has 0 saturated carbocycles. The molecule has 0 aromatic carbocycles. The Morgan fingerprint density at radius 2 is 1.18 bits per heavy atom. The van der Waals surface area contributed by atoms with Gasteiger partial charge in [-0.15, -0.1) is 0 Å². The van der Waals surface area contributed by atoms with Crippen LogP contribution in [-0.4, -0.2) is 0 Å². The highest BCUT2D eigenvalue weighted by Gasteiger charge is 2.01. The number of hydrogen-bond acceptors (Lipinski definition) is 0. The van der Waals surface area contributed by atoms with Gasteiger partial charge in [-0.25, -0.2) is 0 Å². The highest BCUT2D eigenvalue weighted by atomic mass is 14.1. The summed E-state index contributed by atoms with van der Waals surface area (Å²) in [6.45, 7) is 8.62. The summed E-state index contributed by atoms with van der Waals surface area (Å²) < 4.78 is 0. The quantitative estimate of drug-likeness (QED) is 0.320. The summed E-state index contributed by atoms with van der Waals surface area (Å²) in [6, 6.07) is 0. The molecule has 1 unspecified atom stereocenters. The van der Waals surface area contributed by atoms with E-state index in [1.807, 2.05) is 0 Å². The van der Waals surface area contributed by atoms with Gasteiger partial charge in [0.25, 0.3) is 0 Å². The molecule has 0 fully saturated rings. The maximum Gasteiger partial charge on any atom is -0.0443 e. The summed E-state index contributed by atoms with van der Waals surface area (Å²) in [4.78, 5) is 0. The Labute approximate surface area is 111 Å². The van der Waals surface area contributed by atoms with Gasteiger partial charge >= 0.3 is 0 Å². The van der Waals surface area contributed by atoms with Gasteiger partial charge in [-0.3, -0.25) is 0 Å². The van der Waals surface area contributed by atoms with Gasteiger partial charge < -0.3 is 0 Å². The van der Waals surface area contributed by atoms with Crippen LogP contribution in [0.1, 0.15) is 97.3 Å². The lowest BCUT2D eigenvalue weighted by Crippen LogP contribution is -1.95. The molecule has 0 heterocycles. The largest absolute Gasteiger partial charge is 0.0654 e. The molecule has 0 N–H and O–H groups in total. The van der Waals surface area contributed by atoms with Crippen molar-refractivity contribution in [1.29, 1.82) is 0 Å². The predicted molar refractivity (Wildman–Crippen MR) is 80.2 cm³/mol. The number of rotatable bonds is 13. The number of unbranched alkanes of at least 4 members (excludes halogenated alkanes) is 9. The van der Waals surface area contributed by atoms with Crippen molar-refractivity contribution in [3.63, 3.8) is 0 Å². The van der Waals surface area contributed by atoms with E-state index in [1.54, 1.807) is 0 Å². The van der Waals surface area contributed by atoms with Crippen LogP contribution in [0.5, 0.6) is 0 Å². The molecule has 0 aliphatic heterocycles. The molecule has 0 heteroatoms. The lowest BCUT2D eigenvalue weighted by molar-refractivity contribution is 0.433. The monoisotopic (exact) mass is 239 g/mol. The first-order chi connectivity index (χ1) is 8.31. The molecule has 0 amide bonds. The highest BCUT2D eigenvalue weighted by Crippen LogP contribution is 2.18. The average molecular weight is 239 g/mol. The highest BCUT2D eigenvalue weighted by molar-refractivity contribution is 4.55. The Morgan fingerprint density at radius 3 is 1.71 bits per heavy atom. The maximum absolute atomic E-state index is 3.89. The van der Waals surface area contributed by atoms with Crippen molar-refractivity contribution in [3.05, 3.63) is 6.92 Å². The van der Waals surface area contributed by atoms with Crippen molar-refractivity contribution < 1.29 is 0 Å². The van der Waals surface area contributed by atoms with Crippen molar-refractivity contribution >= 4 is 0 Å². The molecule has 0 aliphatic rings. The Balaban J connectivity index is 3.09. The zero-order valence-corrected chi connectivity index (χ0v) is 12.5. The van der Waals surface area contributed by atoms with Crippen LogP contribution in [0, 0.1) is 12.8 Å². The van der Waals surface area contributed by atoms with E-state index < -0.39 is 0 Å². The van der Waals surface area contributed by atoms with E-state index in [2.05, 4.69) is 20.8 Å². The minimum Gasteiger partial charge on any atom is -0.0654 e. The van der Waals surface area contributed by atoms with Crippen LogP contribution in [-0.2, 0) is 0 Å². The van der Waals surface area contributed by atoms with Gasteiger partial charge in [0, 0.05) is 0 Å². The zero-order chi connectivity index (χ0) is 12.8. The molecule has 0 bridgehead atoms. The number of hydrogen-bond donors (Lipinski definition) is 0. The molecular formula is C17H35. The van der Waals surface area contributed by atoms with E-state index >= 15 is 0 Å². The topological polar surface area (TPSA) is 0 Å². The van der Waals surface area contributed by atoms with Crippen molar-refractivity contribution in [2.45, 2.75) is 97.3 Å². The first kappa shape index (κ1) is 17.0. The summed E-state index contributed by atoms with van der Waals surface area (Å²) in [5, 5.41) is 0. The van der Waals surface area contributed by atoms with E-state index in [1.165, 1.54) is 77.0 Å². The Morgan fingerprint density at radius 1 is 0.706 bits per heavy atom. The fourth-order valence-corrected chi connectivity index (χ4v) is 2.44. The van der Waals surface area contributed by atoms with Gasteiger partial charge in [0.2, 0.25) is 0 Å². The van der Waals surface area contributed by atoms with Crippen molar-refractivity contribution in [3.8, 4) is 0 Å². The Hall–Kier alpha value is 0. The molecule has 0 aromatic rings. The van der Waals surface area contributed by atoms with E-state index in [9.17, 15) is 0 Å². The van der Waals surface area contributed by atoms with E-state index in [4.69, 9.17) is 0 Å². The van der Waals surface area contributed by atoms with Crippen LogP contribution in [0.15, 0.2) is 0 Å². The maximum atomic E-state index is 3.89. The van der Waals surface area contributed by atoms with Crippen molar-refractivity contribution in [2.75, 3.05) is 0 Å². The van der Waals surface area contributed by atoms with Crippen LogP contribution in [0.25, 0.3) is 0 Å². The lowest BCUT2D eigenvalue weighted by atomic mass is 9.96. The Kier molecular flexibility index (Phi) is 14.1. The summed E-state index contributed by atoms with van der Waals surface area (Å²) in [7, 11) is 0. The molecule has 0 saturated heterocycles. The summed E-state index contributed by atoms with van der Waals surface area (Å²) in [5.41, 5.74) is 0. The molecule has 0 nitrogen and oxygen atoms in total. The first-order valence-corrected chi connectivity index (χ1v) is 8.10. The Bertz CT molecular complexity index is 128. The van der Waals surface area contributed by atoms with Gasteiger partial charge in [-0.1, -0.05) is 104 Å². The fourth-order valence-electron chi connectivity index (χ4n) is 2.44. The predicted octanol–water partition coefficient (Wildman–Crippen LogP) is 6.55. The normalized spacial score (nSPS) is 12.9. The molecule has 1 radical (unpaired) electrons. The van der Waals surface area contributed by atoms with Crippen LogP contribution in [0.4, 0.5) is 0 Å².